The summed E-state index contributed by atoms with van der Waals surface area (Å²) in [6.45, 7) is 3.90. The third-order valence-corrected chi connectivity index (χ3v) is 8.40. The van der Waals surface area contributed by atoms with Gasteiger partial charge in [-0.05, 0) is 50.8 Å². The van der Waals surface area contributed by atoms with Crippen LogP contribution in [0.1, 0.15) is 37.6 Å². The highest BCUT2D eigenvalue weighted by molar-refractivity contribution is 7.89. The minimum absolute atomic E-state index is 0.0326. The van der Waals surface area contributed by atoms with Crippen molar-refractivity contribution in [2.24, 2.45) is 11.1 Å². The lowest BCUT2D eigenvalue weighted by atomic mass is 9.70. The van der Waals surface area contributed by atoms with Crippen LogP contribution in [0.4, 0.5) is 0 Å². The van der Waals surface area contributed by atoms with Crippen LogP contribution in [0, 0.1) is 5.92 Å². The van der Waals surface area contributed by atoms with Gasteiger partial charge in [-0.15, -0.1) is 0 Å². The second-order valence-corrected chi connectivity index (χ2v) is 11.8. The summed E-state index contributed by atoms with van der Waals surface area (Å²) in [6.07, 6.45) is 0.423. The Labute approximate surface area is 236 Å². The molecule has 12 nitrogen and oxygen atoms in total. The number of rotatable bonds is 9. The van der Waals surface area contributed by atoms with E-state index in [2.05, 4.69) is 9.97 Å². The number of nitrogens with zero attached hydrogens (tertiary/aromatic N) is 5. The average molecular weight is 589 g/mol. The average Bonchev–Trinajstić information content (AvgIpc) is 3.24. The van der Waals surface area contributed by atoms with Crippen molar-refractivity contribution in [2.45, 2.75) is 37.5 Å². The molecule has 1 fully saturated rings. The summed E-state index contributed by atoms with van der Waals surface area (Å²) in [5.41, 5.74) is 0.142. The molecule has 1 atom stereocenters. The molecule has 0 radical (unpaired) electrons. The molecule has 0 amide bonds. The van der Waals surface area contributed by atoms with Crippen molar-refractivity contribution in [3.05, 3.63) is 47.2 Å². The summed E-state index contributed by atoms with van der Waals surface area (Å²) in [5, 5.41) is 14.6. The highest BCUT2D eigenvalue weighted by atomic mass is 35.5. The maximum atomic E-state index is 12.8. The SMILES string of the molecule is CCOc1cccc(-c2nc3nc(Cl)c(C(C4CC(C)(O)C4)S(N)(=O)=O)nc3n2-c2c(OC)cccc2OC)n1. The van der Waals surface area contributed by atoms with Gasteiger partial charge in [-0.2, -0.15) is 0 Å². The van der Waals surface area contributed by atoms with Gasteiger partial charge < -0.3 is 19.3 Å². The maximum absolute atomic E-state index is 12.8. The van der Waals surface area contributed by atoms with Crippen molar-refractivity contribution in [2.75, 3.05) is 20.8 Å². The van der Waals surface area contributed by atoms with E-state index in [0.29, 0.717) is 41.2 Å². The minimum atomic E-state index is -4.19. The Morgan fingerprint density at radius 2 is 1.75 bits per heavy atom. The van der Waals surface area contributed by atoms with Gasteiger partial charge in [0.25, 0.3) is 0 Å². The fraction of sp³-hybridized carbons (Fsp3) is 0.385. The molecule has 4 aromatic rings. The molecule has 40 heavy (non-hydrogen) atoms. The quantitative estimate of drug-likeness (QED) is 0.296. The first-order valence-corrected chi connectivity index (χ1v) is 14.5. The zero-order valence-corrected chi connectivity index (χ0v) is 23.9. The molecule has 1 aliphatic rings. The largest absolute Gasteiger partial charge is 0.494 e. The predicted octanol–water partition coefficient (Wildman–Crippen LogP) is 3.44. The van der Waals surface area contributed by atoms with Crippen LogP contribution in [0.15, 0.2) is 36.4 Å². The van der Waals surface area contributed by atoms with Crippen molar-refractivity contribution < 1.29 is 27.7 Å². The van der Waals surface area contributed by atoms with Crippen LogP contribution in [-0.2, 0) is 10.0 Å². The Morgan fingerprint density at radius 1 is 1.10 bits per heavy atom. The highest BCUT2D eigenvalue weighted by Gasteiger charge is 2.48. The van der Waals surface area contributed by atoms with Crippen molar-refractivity contribution >= 4 is 32.9 Å². The normalized spacial score (nSPS) is 19.7. The standard InChI is InChI=1S/C26H29ClN6O6S/c1-5-39-18-11-6-8-15(29-18)24-32-23-25(33(24)20-16(37-3)9-7-10-17(20)38-4)30-19(22(27)31-23)21(40(28,35)36)14-12-26(2,34)13-14/h6-11,14,21,34H,5,12-13H2,1-4H3,(H2,28,35,36). The van der Waals surface area contributed by atoms with Crippen LogP contribution in [0.25, 0.3) is 28.5 Å². The van der Waals surface area contributed by atoms with E-state index in [1.807, 2.05) is 6.92 Å². The van der Waals surface area contributed by atoms with Crippen molar-refractivity contribution in [1.82, 2.24) is 24.5 Å². The molecule has 1 aliphatic carbocycles. The zero-order valence-electron chi connectivity index (χ0n) is 22.3. The molecule has 5 rings (SSSR count). The van der Waals surface area contributed by atoms with Gasteiger partial charge in [0.05, 0.1) is 26.4 Å². The lowest BCUT2D eigenvalue weighted by molar-refractivity contribution is -0.0584. The number of primary sulfonamides is 1. The van der Waals surface area contributed by atoms with Crippen LogP contribution in [0.3, 0.4) is 0 Å². The van der Waals surface area contributed by atoms with E-state index >= 15 is 0 Å². The number of para-hydroxylation sites is 1. The number of fused-ring (bicyclic) bond motifs is 1. The maximum Gasteiger partial charge on any atom is 0.218 e. The summed E-state index contributed by atoms with van der Waals surface area (Å²) in [6, 6.07) is 10.5. The molecule has 14 heteroatoms. The Hall–Kier alpha value is -3.52. The molecule has 0 spiro atoms. The van der Waals surface area contributed by atoms with E-state index in [1.54, 1.807) is 47.9 Å². The number of halogens is 1. The van der Waals surface area contributed by atoms with Gasteiger partial charge in [0, 0.05) is 6.07 Å². The summed E-state index contributed by atoms with van der Waals surface area (Å²) in [4.78, 5) is 18.4. The summed E-state index contributed by atoms with van der Waals surface area (Å²) in [5.74, 6) is 1.05. The van der Waals surface area contributed by atoms with Gasteiger partial charge in [-0.3, -0.25) is 4.57 Å². The fourth-order valence-corrected chi connectivity index (χ4v) is 6.71. The number of ether oxygens (including phenoxy) is 3. The highest BCUT2D eigenvalue weighted by Crippen LogP contribution is 2.48. The van der Waals surface area contributed by atoms with Gasteiger partial charge in [-0.1, -0.05) is 23.7 Å². The smallest absolute Gasteiger partial charge is 0.218 e. The predicted molar refractivity (Wildman–Crippen MR) is 148 cm³/mol. The van der Waals surface area contributed by atoms with Crippen LogP contribution in [0.5, 0.6) is 17.4 Å². The Kier molecular flexibility index (Phi) is 7.33. The number of imidazole rings is 1. The molecule has 3 N–H and O–H groups in total. The number of hydrogen-bond acceptors (Lipinski definition) is 10. The molecule has 0 saturated heterocycles. The van der Waals surface area contributed by atoms with E-state index in [9.17, 15) is 13.5 Å². The van der Waals surface area contributed by atoms with E-state index in [0.717, 1.165) is 0 Å². The van der Waals surface area contributed by atoms with Crippen LogP contribution >= 0.6 is 11.6 Å². The van der Waals surface area contributed by atoms with Crippen molar-refractivity contribution in [3.63, 3.8) is 0 Å². The lowest BCUT2D eigenvalue weighted by Crippen LogP contribution is -2.46. The first-order valence-electron chi connectivity index (χ1n) is 12.5. The van der Waals surface area contributed by atoms with Crippen LogP contribution < -0.4 is 19.3 Å². The number of pyridine rings is 1. The number of benzene rings is 1. The van der Waals surface area contributed by atoms with E-state index < -0.39 is 26.8 Å². The van der Waals surface area contributed by atoms with Crippen LogP contribution in [-0.4, -0.2) is 64.5 Å². The fourth-order valence-electron chi connectivity index (χ4n) is 5.20. The molecular weight excluding hydrogens is 560 g/mol. The molecule has 1 saturated carbocycles. The number of sulfonamides is 1. The first kappa shape index (κ1) is 28.0. The Bertz CT molecular complexity index is 1660. The van der Waals surface area contributed by atoms with Gasteiger partial charge in [0.15, 0.2) is 22.3 Å². The first-order chi connectivity index (χ1) is 19.0. The summed E-state index contributed by atoms with van der Waals surface area (Å²) < 4.78 is 44.2. The van der Waals surface area contributed by atoms with E-state index in [-0.39, 0.29) is 35.0 Å². The Balaban J connectivity index is 1.83. The number of aromatic nitrogens is 5. The lowest BCUT2D eigenvalue weighted by Gasteiger charge is -2.43. The minimum Gasteiger partial charge on any atom is -0.494 e. The second-order valence-electron chi connectivity index (χ2n) is 9.80. The molecule has 0 aliphatic heterocycles. The third-order valence-electron chi connectivity index (χ3n) is 6.80. The van der Waals surface area contributed by atoms with Crippen molar-refractivity contribution in [3.8, 4) is 34.6 Å². The summed E-state index contributed by atoms with van der Waals surface area (Å²) in [7, 11) is -1.16. The van der Waals surface area contributed by atoms with Gasteiger partial charge in [0.2, 0.25) is 15.9 Å². The number of methoxy groups -OCH3 is 2. The van der Waals surface area contributed by atoms with Gasteiger partial charge in [0.1, 0.15) is 33.8 Å². The number of nitrogens with two attached hydrogens (primary N) is 1. The molecule has 3 heterocycles. The summed E-state index contributed by atoms with van der Waals surface area (Å²) >= 11 is 6.55. The zero-order chi connectivity index (χ0) is 28.8. The van der Waals surface area contributed by atoms with Crippen LogP contribution in [0.2, 0.25) is 5.15 Å². The van der Waals surface area contributed by atoms with Crippen molar-refractivity contribution in [1.29, 1.82) is 0 Å². The molecule has 3 aromatic heterocycles. The van der Waals surface area contributed by atoms with Gasteiger partial charge >= 0.3 is 0 Å². The van der Waals surface area contributed by atoms with E-state index in [1.165, 1.54) is 14.2 Å². The number of aliphatic hydroxyl groups is 1. The topological polar surface area (TPSA) is 165 Å². The molecule has 212 valence electrons. The molecule has 1 aromatic carbocycles. The van der Waals surface area contributed by atoms with Gasteiger partial charge in [-0.25, -0.2) is 33.5 Å². The third kappa shape index (κ3) is 5.05. The monoisotopic (exact) mass is 588 g/mol. The second kappa shape index (κ2) is 10.5. The molecular formula is C26H29ClN6O6S. The molecule has 0 bridgehead atoms. The molecule has 1 unspecified atom stereocenters. The Morgan fingerprint density at radius 3 is 2.33 bits per heavy atom. The number of hydrogen-bond donors (Lipinski definition) is 2. The van der Waals surface area contributed by atoms with E-state index in [4.69, 9.17) is 40.9 Å².